The van der Waals surface area contributed by atoms with E-state index >= 15 is 0 Å². The van der Waals surface area contributed by atoms with E-state index in [0.29, 0.717) is 12.8 Å². The maximum absolute atomic E-state index is 12.6. The first kappa shape index (κ1) is 26.7. The summed E-state index contributed by atoms with van der Waals surface area (Å²) in [6.07, 6.45) is 0.375. The van der Waals surface area contributed by atoms with Gasteiger partial charge >= 0.3 is 12.1 Å². The van der Waals surface area contributed by atoms with Crippen LogP contribution in [0.3, 0.4) is 0 Å². The van der Waals surface area contributed by atoms with Gasteiger partial charge in [-0.25, -0.2) is 13.2 Å². The Balaban J connectivity index is 1.86. The molecule has 0 aliphatic heterocycles. The second-order valence-corrected chi connectivity index (χ2v) is 9.20. The Hall–Kier alpha value is -3.51. The lowest BCUT2D eigenvalue weighted by Crippen LogP contribution is -2.41. The number of sulfonamides is 1. The molecule has 1 unspecified atom stereocenters. The summed E-state index contributed by atoms with van der Waals surface area (Å²) in [5.74, 6) is -0.770. The third kappa shape index (κ3) is 8.45. The molecule has 0 spiro atoms. The topological polar surface area (TPSA) is 154 Å². The molecule has 34 heavy (non-hydrogen) atoms. The average Bonchev–Trinajstić information content (AvgIpc) is 2.82. The monoisotopic (exact) mass is 493 g/mol. The molecule has 0 bridgehead atoms. The van der Waals surface area contributed by atoms with Crippen molar-refractivity contribution in [2.75, 3.05) is 7.11 Å². The third-order valence-electron chi connectivity index (χ3n) is 4.85. The lowest BCUT2D eigenvalue weighted by Gasteiger charge is -2.18. The van der Waals surface area contributed by atoms with Gasteiger partial charge in [-0.3, -0.25) is 14.9 Å². The maximum atomic E-state index is 12.6. The van der Waals surface area contributed by atoms with Gasteiger partial charge < -0.3 is 14.8 Å². The van der Waals surface area contributed by atoms with Gasteiger partial charge in [-0.05, 0) is 43.9 Å². The van der Waals surface area contributed by atoms with E-state index in [9.17, 15) is 28.1 Å². The number of benzene rings is 2. The smallest absolute Gasteiger partial charge is 0.407 e. The van der Waals surface area contributed by atoms with Crippen LogP contribution in [0.1, 0.15) is 31.7 Å². The summed E-state index contributed by atoms with van der Waals surface area (Å²) in [7, 11) is -2.98. The molecule has 0 heterocycles. The number of esters is 1. The number of nitrogens with one attached hydrogen (secondary N) is 2. The second-order valence-electron chi connectivity index (χ2n) is 7.49. The van der Waals surface area contributed by atoms with Crippen LogP contribution in [0.5, 0.6) is 0 Å². The van der Waals surface area contributed by atoms with Gasteiger partial charge in [-0.2, -0.15) is 4.72 Å². The van der Waals surface area contributed by atoms with Crippen molar-refractivity contribution in [3.63, 3.8) is 0 Å². The number of methoxy groups -OCH3 is 1. The summed E-state index contributed by atoms with van der Waals surface area (Å²) < 4.78 is 37.4. The lowest BCUT2D eigenvalue weighted by atomic mass is 10.1. The number of carbonyl (C=O) groups excluding carboxylic acids is 2. The van der Waals surface area contributed by atoms with Gasteiger partial charge in [-0.15, -0.1) is 0 Å². The SMILES string of the molecule is COC(=O)[C@H](CCCC(C)NC(=O)OCc1ccccc1)NS(=O)(=O)c1ccc([N+](=O)[O-])cc1. The second kappa shape index (κ2) is 12.7. The minimum Gasteiger partial charge on any atom is -0.468 e. The number of carbonyl (C=O) groups is 2. The first-order valence-corrected chi connectivity index (χ1v) is 11.9. The summed E-state index contributed by atoms with van der Waals surface area (Å²) >= 11 is 0. The zero-order chi connectivity index (χ0) is 25.1. The average molecular weight is 494 g/mol. The van der Waals surface area contributed by atoms with Crippen molar-refractivity contribution < 1.29 is 32.4 Å². The Labute approximate surface area is 197 Å². The number of hydrogen-bond donors (Lipinski definition) is 2. The van der Waals surface area contributed by atoms with Crippen LogP contribution in [0.15, 0.2) is 59.5 Å². The zero-order valence-corrected chi connectivity index (χ0v) is 19.6. The van der Waals surface area contributed by atoms with E-state index in [1.54, 1.807) is 6.92 Å². The molecule has 2 atom stereocenters. The summed E-state index contributed by atoms with van der Waals surface area (Å²) in [6, 6.07) is 12.1. The Bertz CT molecular complexity index is 1080. The highest BCUT2D eigenvalue weighted by Gasteiger charge is 2.27. The van der Waals surface area contributed by atoms with Crippen molar-refractivity contribution in [2.45, 2.75) is 49.8 Å². The van der Waals surface area contributed by atoms with Crippen molar-refractivity contribution in [2.24, 2.45) is 0 Å². The molecule has 0 saturated heterocycles. The van der Waals surface area contributed by atoms with Crippen LogP contribution in [0.25, 0.3) is 0 Å². The molecule has 2 N–H and O–H groups in total. The molecular formula is C22H27N3O8S. The van der Waals surface area contributed by atoms with Gasteiger partial charge in [0.1, 0.15) is 12.6 Å². The van der Waals surface area contributed by atoms with Crippen LogP contribution in [0, 0.1) is 10.1 Å². The quantitative estimate of drug-likeness (QED) is 0.260. The predicted octanol–water partition coefficient (Wildman–Crippen LogP) is 2.90. The summed E-state index contributed by atoms with van der Waals surface area (Å²) in [6.45, 7) is 1.90. The third-order valence-corrected chi connectivity index (χ3v) is 6.34. The highest BCUT2D eigenvalue weighted by Crippen LogP contribution is 2.17. The summed E-state index contributed by atoms with van der Waals surface area (Å²) in [4.78, 5) is 33.9. The number of rotatable bonds is 12. The molecule has 2 aromatic carbocycles. The fraction of sp³-hybridized carbons (Fsp3) is 0.364. The molecule has 184 valence electrons. The molecule has 0 aliphatic carbocycles. The fourth-order valence-corrected chi connectivity index (χ4v) is 4.25. The van der Waals surface area contributed by atoms with Crippen LogP contribution in [0.2, 0.25) is 0 Å². The van der Waals surface area contributed by atoms with Crippen LogP contribution < -0.4 is 10.0 Å². The molecule has 12 heteroatoms. The molecule has 2 aromatic rings. The number of amides is 1. The van der Waals surface area contributed by atoms with E-state index in [4.69, 9.17) is 9.47 Å². The number of nitro groups is 1. The van der Waals surface area contributed by atoms with E-state index in [1.807, 2.05) is 30.3 Å². The zero-order valence-electron chi connectivity index (χ0n) is 18.8. The van der Waals surface area contributed by atoms with E-state index in [-0.39, 0.29) is 29.7 Å². The van der Waals surface area contributed by atoms with Gasteiger partial charge in [0.2, 0.25) is 10.0 Å². The van der Waals surface area contributed by atoms with Gasteiger partial charge in [0.15, 0.2) is 0 Å². The number of hydrogen-bond acceptors (Lipinski definition) is 8. The number of alkyl carbamates (subject to hydrolysis) is 1. The minimum atomic E-state index is -4.12. The Morgan fingerprint density at radius 3 is 2.29 bits per heavy atom. The van der Waals surface area contributed by atoms with Crippen molar-refractivity contribution in [1.82, 2.24) is 10.0 Å². The van der Waals surface area contributed by atoms with Crippen molar-refractivity contribution >= 4 is 27.8 Å². The Kier molecular flexibility index (Phi) is 9.95. The molecule has 11 nitrogen and oxygen atoms in total. The normalized spacial score (nSPS) is 12.9. The highest BCUT2D eigenvalue weighted by molar-refractivity contribution is 7.89. The summed E-state index contributed by atoms with van der Waals surface area (Å²) in [5.41, 5.74) is 0.596. The molecule has 0 aliphatic rings. The largest absolute Gasteiger partial charge is 0.468 e. The molecule has 0 saturated carbocycles. The Morgan fingerprint density at radius 2 is 1.71 bits per heavy atom. The molecule has 2 rings (SSSR count). The van der Waals surface area contributed by atoms with Crippen molar-refractivity contribution in [3.8, 4) is 0 Å². The minimum absolute atomic E-state index is 0.115. The van der Waals surface area contributed by atoms with Gasteiger partial charge in [-0.1, -0.05) is 30.3 Å². The number of ether oxygens (including phenoxy) is 2. The molecular weight excluding hydrogens is 466 g/mol. The maximum Gasteiger partial charge on any atom is 0.407 e. The number of nitro benzene ring substituents is 1. The molecule has 1 amide bonds. The first-order chi connectivity index (χ1) is 16.1. The van der Waals surface area contributed by atoms with Gasteiger partial charge in [0.05, 0.1) is 16.9 Å². The number of nitrogens with zero attached hydrogens (tertiary/aromatic N) is 1. The van der Waals surface area contributed by atoms with Crippen LogP contribution in [-0.4, -0.2) is 44.6 Å². The highest BCUT2D eigenvalue weighted by atomic mass is 32.2. The number of non-ortho nitro benzene ring substituents is 1. The van der Waals surface area contributed by atoms with Gasteiger partial charge in [0.25, 0.3) is 5.69 Å². The summed E-state index contributed by atoms with van der Waals surface area (Å²) in [5, 5.41) is 13.4. The molecule has 0 aromatic heterocycles. The predicted molar refractivity (Wildman–Crippen MR) is 122 cm³/mol. The fourth-order valence-electron chi connectivity index (χ4n) is 3.04. The van der Waals surface area contributed by atoms with Gasteiger partial charge in [0, 0.05) is 18.2 Å². The lowest BCUT2D eigenvalue weighted by molar-refractivity contribution is -0.384. The van der Waals surface area contributed by atoms with Crippen LogP contribution in [0.4, 0.5) is 10.5 Å². The van der Waals surface area contributed by atoms with Crippen molar-refractivity contribution in [3.05, 3.63) is 70.3 Å². The van der Waals surface area contributed by atoms with Crippen molar-refractivity contribution in [1.29, 1.82) is 0 Å². The standard InChI is InChI=1S/C22H27N3O8S/c1-16(23-22(27)33-15-17-8-4-3-5-9-17)7-6-10-20(21(26)32-2)24-34(30,31)19-13-11-18(12-14-19)25(28)29/h3-5,8-9,11-14,16,20,24H,6-7,10,15H2,1-2H3,(H,23,27)/t16?,20-/m0/s1. The molecule has 0 radical (unpaired) electrons. The van der Waals surface area contributed by atoms with Crippen LogP contribution >= 0.6 is 0 Å². The first-order valence-electron chi connectivity index (χ1n) is 10.4. The van der Waals surface area contributed by atoms with E-state index in [1.165, 1.54) is 0 Å². The Morgan fingerprint density at radius 1 is 1.06 bits per heavy atom. The van der Waals surface area contributed by atoms with E-state index < -0.39 is 33.1 Å². The van der Waals surface area contributed by atoms with E-state index in [0.717, 1.165) is 36.9 Å². The van der Waals surface area contributed by atoms with E-state index in [2.05, 4.69) is 10.0 Å². The molecule has 0 fully saturated rings. The van der Waals surface area contributed by atoms with Crippen LogP contribution in [-0.2, 0) is 30.9 Å².